The zero-order valence-electron chi connectivity index (χ0n) is 10.8. The molecule has 0 unspecified atom stereocenters. The van der Waals surface area contributed by atoms with Gasteiger partial charge >= 0.3 is 0 Å². The molecule has 0 heterocycles. The van der Waals surface area contributed by atoms with Crippen molar-refractivity contribution in [3.63, 3.8) is 0 Å². The lowest BCUT2D eigenvalue weighted by molar-refractivity contribution is 0.0827. The maximum absolute atomic E-state index is 11.9. The first-order valence-electron chi connectivity index (χ1n) is 6.17. The third-order valence-electron chi connectivity index (χ3n) is 3.36. The number of nitrogens with zero attached hydrogens (tertiary/aromatic N) is 1. The molecule has 1 N–H and O–H groups in total. The predicted octanol–water partition coefficient (Wildman–Crippen LogP) is 2.66. The lowest BCUT2D eigenvalue weighted by atomic mass is 9.92. The molecule has 0 aliphatic heterocycles. The molecule has 92 valence electrons. The highest BCUT2D eigenvalue weighted by Gasteiger charge is 2.18. The quantitative estimate of drug-likeness (QED) is 0.869. The van der Waals surface area contributed by atoms with Gasteiger partial charge in [0, 0.05) is 31.4 Å². The van der Waals surface area contributed by atoms with E-state index in [1.807, 2.05) is 18.2 Å². The summed E-state index contributed by atoms with van der Waals surface area (Å²) in [6, 6.07) is 6.47. The van der Waals surface area contributed by atoms with Gasteiger partial charge in [-0.25, -0.2) is 0 Å². The van der Waals surface area contributed by atoms with Gasteiger partial charge in [0.1, 0.15) is 0 Å². The van der Waals surface area contributed by atoms with Gasteiger partial charge in [-0.3, -0.25) is 4.79 Å². The predicted molar refractivity (Wildman–Crippen MR) is 70.5 cm³/mol. The molecule has 1 fully saturated rings. The Morgan fingerprint density at radius 2 is 2.06 bits per heavy atom. The molecule has 1 aromatic rings. The van der Waals surface area contributed by atoms with Gasteiger partial charge in [0.15, 0.2) is 0 Å². The number of nitrogens with one attached hydrogen (secondary N) is 1. The van der Waals surface area contributed by atoms with E-state index in [1.165, 1.54) is 24.8 Å². The van der Waals surface area contributed by atoms with Crippen molar-refractivity contribution in [2.24, 2.45) is 0 Å². The van der Waals surface area contributed by atoms with Gasteiger partial charge in [-0.15, -0.1) is 0 Å². The van der Waals surface area contributed by atoms with Crippen LogP contribution in [0.1, 0.15) is 35.2 Å². The molecule has 17 heavy (non-hydrogen) atoms. The Morgan fingerprint density at radius 1 is 1.35 bits per heavy atom. The molecule has 1 aromatic carbocycles. The number of benzene rings is 1. The first kappa shape index (κ1) is 12.0. The topological polar surface area (TPSA) is 32.3 Å². The molecule has 0 atom stereocenters. The van der Waals surface area contributed by atoms with Crippen LogP contribution in [-0.4, -0.2) is 30.9 Å². The van der Waals surface area contributed by atoms with Crippen LogP contribution in [0.4, 0.5) is 5.69 Å². The van der Waals surface area contributed by atoms with Crippen molar-refractivity contribution in [2.45, 2.75) is 32.2 Å². The van der Waals surface area contributed by atoms with Gasteiger partial charge in [-0.05, 0) is 43.9 Å². The number of carbonyl (C=O) groups excluding carboxylic acids is 1. The smallest absolute Gasteiger partial charge is 0.253 e. The van der Waals surface area contributed by atoms with E-state index in [4.69, 9.17) is 0 Å². The zero-order valence-corrected chi connectivity index (χ0v) is 10.8. The summed E-state index contributed by atoms with van der Waals surface area (Å²) in [5, 5.41) is 3.51. The summed E-state index contributed by atoms with van der Waals surface area (Å²) < 4.78 is 0. The van der Waals surface area contributed by atoms with Gasteiger partial charge in [0.05, 0.1) is 0 Å². The normalized spacial score (nSPS) is 15.2. The summed E-state index contributed by atoms with van der Waals surface area (Å²) >= 11 is 0. The highest BCUT2D eigenvalue weighted by molar-refractivity contribution is 5.95. The third-order valence-corrected chi connectivity index (χ3v) is 3.36. The fourth-order valence-corrected chi connectivity index (χ4v) is 1.94. The van der Waals surface area contributed by atoms with Gasteiger partial charge < -0.3 is 10.2 Å². The van der Waals surface area contributed by atoms with Crippen molar-refractivity contribution >= 4 is 11.6 Å². The van der Waals surface area contributed by atoms with Crippen molar-refractivity contribution in [3.8, 4) is 0 Å². The summed E-state index contributed by atoms with van der Waals surface area (Å²) in [5.41, 5.74) is 3.05. The number of hydrogen-bond donors (Lipinski definition) is 1. The highest BCUT2D eigenvalue weighted by atomic mass is 16.2. The van der Waals surface area contributed by atoms with Crippen molar-refractivity contribution in [3.05, 3.63) is 29.3 Å². The first-order chi connectivity index (χ1) is 8.08. The van der Waals surface area contributed by atoms with Crippen LogP contribution in [0.3, 0.4) is 0 Å². The first-order valence-corrected chi connectivity index (χ1v) is 6.17. The van der Waals surface area contributed by atoms with E-state index in [1.54, 1.807) is 19.0 Å². The standard InChI is InChI=1S/C14H20N2O/c1-10-7-8-11(14(17)16(2)3)9-13(10)15-12-5-4-6-12/h7-9,12,15H,4-6H2,1-3H3. The number of carbonyl (C=O) groups is 1. The maximum Gasteiger partial charge on any atom is 0.253 e. The fraction of sp³-hybridized carbons (Fsp3) is 0.500. The summed E-state index contributed by atoms with van der Waals surface area (Å²) in [5.74, 6) is 0.0571. The van der Waals surface area contributed by atoms with Crippen molar-refractivity contribution < 1.29 is 4.79 Å². The van der Waals surface area contributed by atoms with Crippen LogP contribution in [-0.2, 0) is 0 Å². The largest absolute Gasteiger partial charge is 0.382 e. The van der Waals surface area contributed by atoms with Gasteiger partial charge in [-0.2, -0.15) is 0 Å². The van der Waals surface area contributed by atoms with E-state index in [-0.39, 0.29) is 5.91 Å². The second-order valence-electron chi connectivity index (χ2n) is 5.00. The Balaban J connectivity index is 2.19. The molecule has 0 bridgehead atoms. The van der Waals surface area contributed by atoms with Crippen molar-refractivity contribution in [1.82, 2.24) is 4.90 Å². The van der Waals surface area contributed by atoms with Crippen molar-refractivity contribution in [1.29, 1.82) is 0 Å². The summed E-state index contributed by atoms with van der Waals surface area (Å²) in [6.45, 7) is 2.07. The van der Waals surface area contributed by atoms with Crippen LogP contribution in [0, 0.1) is 6.92 Å². The molecule has 0 saturated heterocycles. The number of hydrogen-bond acceptors (Lipinski definition) is 2. The van der Waals surface area contributed by atoms with E-state index in [9.17, 15) is 4.79 Å². The van der Waals surface area contributed by atoms with Crippen LogP contribution in [0.5, 0.6) is 0 Å². The van der Waals surface area contributed by atoms with Gasteiger partial charge in [-0.1, -0.05) is 6.07 Å². The van der Waals surface area contributed by atoms with Crippen LogP contribution >= 0.6 is 0 Å². The minimum absolute atomic E-state index is 0.0571. The van der Waals surface area contributed by atoms with E-state index < -0.39 is 0 Å². The van der Waals surface area contributed by atoms with Gasteiger partial charge in [0.25, 0.3) is 5.91 Å². The molecule has 1 saturated carbocycles. The van der Waals surface area contributed by atoms with Crippen molar-refractivity contribution in [2.75, 3.05) is 19.4 Å². The monoisotopic (exact) mass is 232 g/mol. The average molecular weight is 232 g/mol. The second-order valence-corrected chi connectivity index (χ2v) is 5.00. The van der Waals surface area contributed by atoms with Crippen LogP contribution < -0.4 is 5.32 Å². The lowest BCUT2D eigenvalue weighted by Crippen LogP contribution is -2.28. The molecule has 1 amide bonds. The number of aryl methyl sites for hydroxylation is 1. The van der Waals surface area contributed by atoms with E-state index in [0.717, 1.165) is 11.3 Å². The SMILES string of the molecule is Cc1ccc(C(=O)N(C)C)cc1NC1CCC1. The number of rotatable bonds is 3. The Hall–Kier alpha value is -1.51. The molecule has 1 aliphatic carbocycles. The third kappa shape index (κ3) is 2.60. The zero-order chi connectivity index (χ0) is 12.4. The van der Waals surface area contributed by atoms with E-state index >= 15 is 0 Å². The fourth-order valence-electron chi connectivity index (χ4n) is 1.94. The molecule has 2 rings (SSSR count). The van der Waals surface area contributed by atoms with Crippen LogP contribution in [0.25, 0.3) is 0 Å². The Labute approximate surface area is 103 Å². The number of anilines is 1. The maximum atomic E-state index is 11.9. The van der Waals surface area contributed by atoms with Crippen LogP contribution in [0.2, 0.25) is 0 Å². The molecule has 1 aliphatic rings. The molecular weight excluding hydrogens is 212 g/mol. The molecule has 0 spiro atoms. The second kappa shape index (κ2) is 4.78. The molecule has 0 radical (unpaired) electrons. The summed E-state index contributed by atoms with van der Waals surface area (Å²) in [6.07, 6.45) is 3.80. The summed E-state index contributed by atoms with van der Waals surface area (Å²) in [4.78, 5) is 13.5. The Kier molecular flexibility index (Phi) is 3.36. The van der Waals surface area contributed by atoms with Crippen LogP contribution in [0.15, 0.2) is 18.2 Å². The Bertz CT molecular complexity index is 422. The molecular formula is C14H20N2O. The number of amides is 1. The highest BCUT2D eigenvalue weighted by Crippen LogP contribution is 2.26. The Morgan fingerprint density at radius 3 is 2.59 bits per heavy atom. The molecule has 3 nitrogen and oxygen atoms in total. The summed E-state index contributed by atoms with van der Waals surface area (Å²) in [7, 11) is 3.56. The molecule has 0 aromatic heterocycles. The lowest BCUT2D eigenvalue weighted by Gasteiger charge is -2.28. The van der Waals surface area contributed by atoms with E-state index in [2.05, 4.69) is 12.2 Å². The van der Waals surface area contributed by atoms with E-state index in [0.29, 0.717) is 6.04 Å². The minimum Gasteiger partial charge on any atom is -0.382 e. The molecule has 3 heteroatoms. The minimum atomic E-state index is 0.0571. The van der Waals surface area contributed by atoms with Gasteiger partial charge in [0.2, 0.25) is 0 Å². The average Bonchev–Trinajstić information content (AvgIpc) is 2.24.